The zero-order valence-corrected chi connectivity index (χ0v) is 13.1. The summed E-state index contributed by atoms with van der Waals surface area (Å²) in [4.78, 5) is 25.0. The van der Waals surface area contributed by atoms with Gasteiger partial charge in [-0.3, -0.25) is 14.9 Å². The molecule has 1 saturated carbocycles. The third-order valence-electron chi connectivity index (χ3n) is 3.42. The Morgan fingerprint density at radius 3 is 2.81 bits per heavy atom. The summed E-state index contributed by atoms with van der Waals surface area (Å²) in [5.74, 6) is -0.124. The highest BCUT2D eigenvalue weighted by atomic mass is 32.1. The highest BCUT2D eigenvalue weighted by Gasteiger charge is 2.35. The molecule has 0 atom stereocenters. The van der Waals surface area contributed by atoms with Crippen molar-refractivity contribution in [2.45, 2.75) is 32.4 Å². The maximum Gasteiger partial charge on any atom is 0.304 e. The second-order valence-electron chi connectivity index (χ2n) is 5.11. The Hall–Kier alpha value is -1.73. The first-order valence-electron chi connectivity index (χ1n) is 6.63. The maximum absolute atomic E-state index is 11.5. The van der Waals surface area contributed by atoms with Gasteiger partial charge in [0, 0.05) is 18.7 Å². The fourth-order valence-corrected chi connectivity index (χ4v) is 3.97. The molecule has 0 aromatic carbocycles. The molecular weight excluding hydrogens is 308 g/mol. The number of nitrogens with zero attached hydrogens (tertiary/aromatic N) is 2. The number of hydrogen-bond acceptors (Lipinski definition) is 6. The van der Waals surface area contributed by atoms with Crippen LogP contribution < -0.4 is 4.90 Å². The van der Waals surface area contributed by atoms with E-state index in [1.807, 2.05) is 11.4 Å². The first-order valence-corrected chi connectivity index (χ1v) is 8.39. The maximum atomic E-state index is 11.5. The summed E-state index contributed by atoms with van der Waals surface area (Å²) in [6.07, 6.45) is 2.10. The van der Waals surface area contributed by atoms with Crippen LogP contribution in [0.15, 0.2) is 22.9 Å². The van der Waals surface area contributed by atoms with E-state index in [-0.39, 0.29) is 16.4 Å². The van der Waals surface area contributed by atoms with Crippen molar-refractivity contribution in [1.29, 1.82) is 0 Å². The SMILES string of the molecule is CC(=O)c1cc([N+](=O)[O-])c(N(Cc2ccsc2)C2CC2)s1. The van der Waals surface area contributed by atoms with E-state index >= 15 is 0 Å². The zero-order chi connectivity index (χ0) is 15.0. The van der Waals surface area contributed by atoms with Crippen LogP contribution in [0.5, 0.6) is 0 Å². The average molecular weight is 322 g/mol. The molecule has 110 valence electrons. The van der Waals surface area contributed by atoms with Crippen LogP contribution in [-0.2, 0) is 6.54 Å². The molecule has 2 heterocycles. The van der Waals surface area contributed by atoms with Gasteiger partial charge in [0.2, 0.25) is 0 Å². The molecule has 0 spiro atoms. The average Bonchev–Trinajstić information content (AvgIpc) is 2.98. The van der Waals surface area contributed by atoms with Crippen molar-refractivity contribution in [2.24, 2.45) is 0 Å². The Balaban J connectivity index is 1.98. The molecule has 0 radical (unpaired) electrons. The minimum atomic E-state index is -0.388. The van der Waals surface area contributed by atoms with Crippen LogP contribution in [0, 0.1) is 10.1 Å². The smallest absolute Gasteiger partial charge is 0.304 e. The number of anilines is 1. The molecule has 1 aliphatic rings. The van der Waals surface area contributed by atoms with Crippen LogP contribution in [0.4, 0.5) is 10.7 Å². The van der Waals surface area contributed by atoms with Gasteiger partial charge in [0.1, 0.15) is 0 Å². The van der Waals surface area contributed by atoms with Crippen LogP contribution in [0.2, 0.25) is 0 Å². The standard InChI is InChI=1S/C14H14N2O3S2/c1-9(17)13-6-12(16(18)19)14(21-13)15(11-2-3-11)7-10-4-5-20-8-10/h4-6,8,11H,2-3,7H2,1H3. The largest absolute Gasteiger partial charge is 0.350 e. The van der Waals surface area contributed by atoms with Crippen LogP contribution >= 0.6 is 22.7 Å². The Morgan fingerprint density at radius 1 is 1.52 bits per heavy atom. The van der Waals surface area contributed by atoms with Gasteiger partial charge in [0.15, 0.2) is 10.8 Å². The van der Waals surface area contributed by atoms with Gasteiger partial charge >= 0.3 is 5.69 Å². The lowest BCUT2D eigenvalue weighted by atomic mass is 10.3. The fraction of sp³-hybridized carbons (Fsp3) is 0.357. The van der Waals surface area contributed by atoms with E-state index in [2.05, 4.69) is 10.3 Å². The molecule has 2 aromatic rings. The molecule has 0 aliphatic heterocycles. The fourth-order valence-electron chi connectivity index (χ4n) is 2.21. The lowest BCUT2D eigenvalue weighted by Gasteiger charge is -2.21. The predicted octanol–water partition coefficient (Wildman–Crippen LogP) is 4.09. The molecule has 0 N–H and O–H groups in total. The van der Waals surface area contributed by atoms with E-state index in [1.165, 1.54) is 24.3 Å². The molecule has 1 fully saturated rings. The van der Waals surface area contributed by atoms with Crippen LogP contribution in [0.25, 0.3) is 0 Å². The van der Waals surface area contributed by atoms with E-state index in [0.717, 1.165) is 18.4 Å². The van der Waals surface area contributed by atoms with Gasteiger partial charge in [-0.1, -0.05) is 0 Å². The van der Waals surface area contributed by atoms with Crippen molar-refractivity contribution in [1.82, 2.24) is 0 Å². The minimum absolute atomic E-state index is 0.0485. The van der Waals surface area contributed by atoms with Crippen LogP contribution in [-0.4, -0.2) is 16.7 Å². The topological polar surface area (TPSA) is 63.4 Å². The van der Waals surface area contributed by atoms with Gasteiger partial charge in [0.25, 0.3) is 0 Å². The summed E-state index contributed by atoms with van der Waals surface area (Å²) in [6.45, 7) is 2.10. The van der Waals surface area contributed by atoms with Crippen molar-refractivity contribution in [2.75, 3.05) is 4.90 Å². The molecular formula is C14H14N2O3S2. The van der Waals surface area contributed by atoms with Crippen LogP contribution in [0.1, 0.15) is 35.0 Å². The van der Waals surface area contributed by atoms with E-state index in [0.29, 0.717) is 22.5 Å². The normalized spacial score (nSPS) is 14.1. The number of carbonyl (C=O) groups excluding carboxylic acids is 1. The lowest BCUT2D eigenvalue weighted by molar-refractivity contribution is -0.383. The van der Waals surface area contributed by atoms with Gasteiger partial charge in [0.05, 0.1) is 9.80 Å². The molecule has 1 aliphatic carbocycles. The molecule has 0 bridgehead atoms. The molecule has 21 heavy (non-hydrogen) atoms. The Morgan fingerprint density at radius 2 is 2.29 bits per heavy atom. The minimum Gasteiger partial charge on any atom is -0.350 e. The molecule has 2 aromatic heterocycles. The second-order valence-corrected chi connectivity index (χ2v) is 6.92. The molecule has 0 saturated heterocycles. The Labute approximate surface area is 130 Å². The Bertz CT molecular complexity index is 674. The molecule has 0 amide bonds. The zero-order valence-electron chi connectivity index (χ0n) is 11.4. The summed E-state index contributed by atoms with van der Waals surface area (Å²) < 4.78 is 0. The summed E-state index contributed by atoms with van der Waals surface area (Å²) in [5.41, 5.74) is 1.20. The molecule has 3 rings (SSSR count). The van der Waals surface area contributed by atoms with E-state index in [9.17, 15) is 14.9 Å². The summed E-state index contributed by atoms with van der Waals surface area (Å²) in [6, 6.07) is 3.79. The van der Waals surface area contributed by atoms with E-state index < -0.39 is 0 Å². The quantitative estimate of drug-likeness (QED) is 0.456. The highest BCUT2D eigenvalue weighted by molar-refractivity contribution is 7.18. The van der Waals surface area contributed by atoms with Gasteiger partial charge in [-0.15, -0.1) is 11.3 Å². The summed E-state index contributed by atoms with van der Waals surface area (Å²) >= 11 is 2.85. The van der Waals surface area contributed by atoms with Gasteiger partial charge in [-0.05, 0) is 42.2 Å². The lowest BCUT2D eigenvalue weighted by Crippen LogP contribution is -2.24. The summed E-state index contributed by atoms with van der Waals surface area (Å²) in [7, 11) is 0. The second kappa shape index (κ2) is 5.57. The number of hydrogen-bond donors (Lipinski definition) is 0. The number of ketones is 1. The first-order chi connectivity index (χ1) is 10.1. The van der Waals surface area contributed by atoms with Gasteiger partial charge in [-0.2, -0.15) is 11.3 Å². The first kappa shape index (κ1) is 14.2. The van der Waals surface area contributed by atoms with Gasteiger partial charge < -0.3 is 4.90 Å². The number of thiophene rings is 2. The Kier molecular flexibility index (Phi) is 3.77. The number of rotatable bonds is 6. The summed E-state index contributed by atoms with van der Waals surface area (Å²) in [5, 5.41) is 16.0. The van der Waals surface area contributed by atoms with Crippen molar-refractivity contribution in [3.8, 4) is 0 Å². The number of nitro groups is 1. The highest BCUT2D eigenvalue weighted by Crippen LogP contribution is 2.43. The predicted molar refractivity (Wildman–Crippen MR) is 84.5 cm³/mol. The van der Waals surface area contributed by atoms with E-state index in [1.54, 1.807) is 11.3 Å². The number of carbonyl (C=O) groups is 1. The van der Waals surface area contributed by atoms with E-state index in [4.69, 9.17) is 0 Å². The van der Waals surface area contributed by atoms with Crippen LogP contribution in [0.3, 0.4) is 0 Å². The van der Waals surface area contributed by atoms with Crippen molar-refractivity contribution >= 4 is 39.1 Å². The van der Waals surface area contributed by atoms with Gasteiger partial charge in [-0.25, -0.2) is 0 Å². The van der Waals surface area contributed by atoms with Crippen molar-refractivity contribution in [3.63, 3.8) is 0 Å². The van der Waals surface area contributed by atoms with Crippen molar-refractivity contribution in [3.05, 3.63) is 43.4 Å². The van der Waals surface area contributed by atoms with Crippen molar-refractivity contribution < 1.29 is 9.72 Å². The monoisotopic (exact) mass is 322 g/mol. The molecule has 5 nitrogen and oxygen atoms in total. The number of Topliss-reactive ketones (excluding diaryl/α,β-unsaturated/α-hetero) is 1. The third-order valence-corrected chi connectivity index (χ3v) is 5.41. The molecule has 7 heteroatoms. The third kappa shape index (κ3) is 2.98. The molecule has 0 unspecified atom stereocenters.